The summed E-state index contributed by atoms with van der Waals surface area (Å²) >= 11 is 0. The Hall–Kier alpha value is -0.880. The first kappa shape index (κ1) is 7.12. The molecule has 0 aliphatic heterocycles. The van der Waals surface area contributed by atoms with Crippen molar-refractivity contribution < 1.29 is 4.79 Å². The molecule has 8 heavy (non-hydrogen) atoms. The van der Waals surface area contributed by atoms with Gasteiger partial charge in [-0.05, 0) is 13.8 Å². The molecule has 0 saturated heterocycles. The van der Waals surface area contributed by atoms with Crippen LogP contribution < -0.4 is 0 Å². The van der Waals surface area contributed by atoms with Gasteiger partial charge in [0.2, 0.25) is 6.08 Å². The zero-order chi connectivity index (χ0) is 6.41. The summed E-state index contributed by atoms with van der Waals surface area (Å²) in [4.78, 5) is 12.9. The fourth-order valence-corrected chi connectivity index (χ4v) is 0.248. The highest BCUT2D eigenvalue weighted by atomic mass is 16.1. The van der Waals surface area contributed by atoms with E-state index in [1.807, 2.05) is 19.9 Å². The van der Waals surface area contributed by atoms with Crippen molar-refractivity contribution >= 4 is 6.08 Å². The molecule has 44 valence electrons. The van der Waals surface area contributed by atoms with Gasteiger partial charge in [0.05, 0.1) is 6.54 Å². The third-order valence-corrected chi connectivity index (χ3v) is 0.886. The molecular weight excluding hydrogens is 102 g/mol. The molecule has 0 atom stereocenters. The Morgan fingerprint density at radius 3 is 2.88 bits per heavy atom. The van der Waals surface area contributed by atoms with Crippen molar-refractivity contribution in [2.45, 2.75) is 13.8 Å². The first-order chi connectivity index (χ1) is 3.81. The van der Waals surface area contributed by atoms with E-state index in [4.69, 9.17) is 0 Å². The van der Waals surface area contributed by atoms with E-state index in [1.165, 1.54) is 6.08 Å². The van der Waals surface area contributed by atoms with Gasteiger partial charge in [-0.2, -0.15) is 0 Å². The summed E-state index contributed by atoms with van der Waals surface area (Å²) in [6, 6.07) is 0. The minimum absolute atomic E-state index is 0.486. The molecule has 0 aliphatic rings. The normalized spacial score (nSPS) is 10.5. The Morgan fingerprint density at radius 2 is 2.50 bits per heavy atom. The van der Waals surface area contributed by atoms with E-state index in [-0.39, 0.29) is 0 Å². The second-order valence-corrected chi connectivity index (χ2v) is 1.54. The molecule has 0 heterocycles. The topological polar surface area (TPSA) is 29.4 Å². The Kier molecular flexibility index (Phi) is 3.81. The predicted molar refractivity (Wildman–Crippen MR) is 32.4 cm³/mol. The molecule has 2 nitrogen and oxygen atoms in total. The fraction of sp³-hybridized carbons (Fsp3) is 0.500. The zero-order valence-corrected chi connectivity index (χ0v) is 5.14. The van der Waals surface area contributed by atoms with E-state index >= 15 is 0 Å². The summed E-state index contributed by atoms with van der Waals surface area (Å²) in [6.07, 6.45) is 3.38. The number of isocyanates is 1. The van der Waals surface area contributed by atoms with Crippen molar-refractivity contribution in [2.75, 3.05) is 6.54 Å². The molecule has 0 aromatic rings. The molecule has 0 aromatic carbocycles. The molecule has 0 spiro atoms. The van der Waals surface area contributed by atoms with Crippen LogP contribution in [-0.2, 0) is 4.79 Å². The molecule has 0 saturated carbocycles. The van der Waals surface area contributed by atoms with Crippen LogP contribution in [0.4, 0.5) is 0 Å². The van der Waals surface area contributed by atoms with Gasteiger partial charge < -0.3 is 0 Å². The molecule has 0 radical (unpaired) electrons. The van der Waals surface area contributed by atoms with Gasteiger partial charge in [0.15, 0.2) is 0 Å². The molecule has 0 aromatic heterocycles. The average Bonchev–Trinajstić information content (AvgIpc) is 1.83. The summed E-state index contributed by atoms with van der Waals surface area (Å²) < 4.78 is 0. The molecule has 0 N–H and O–H groups in total. The first-order valence-electron chi connectivity index (χ1n) is 2.46. The zero-order valence-electron chi connectivity index (χ0n) is 5.14. The maximum absolute atomic E-state index is 9.51. The number of allylic oxidation sites excluding steroid dienone is 1. The number of aliphatic imine (C=N–C) groups is 1. The smallest absolute Gasteiger partial charge is 0.211 e. The Morgan fingerprint density at radius 1 is 1.88 bits per heavy atom. The van der Waals surface area contributed by atoms with Crippen molar-refractivity contribution in [3.8, 4) is 0 Å². The van der Waals surface area contributed by atoms with Crippen LogP contribution in [0.5, 0.6) is 0 Å². The molecule has 0 rings (SSSR count). The second-order valence-electron chi connectivity index (χ2n) is 1.54. The van der Waals surface area contributed by atoms with Crippen LogP contribution in [0.2, 0.25) is 0 Å². The van der Waals surface area contributed by atoms with Crippen molar-refractivity contribution in [3.05, 3.63) is 11.6 Å². The van der Waals surface area contributed by atoms with Crippen molar-refractivity contribution in [1.82, 2.24) is 0 Å². The lowest BCUT2D eigenvalue weighted by atomic mass is 10.3. The van der Waals surface area contributed by atoms with Gasteiger partial charge in [-0.3, -0.25) is 0 Å². The number of hydrogen-bond donors (Lipinski definition) is 0. The van der Waals surface area contributed by atoms with Gasteiger partial charge >= 0.3 is 0 Å². The minimum atomic E-state index is 0.486. The van der Waals surface area contributed by atoms with E-state index in [9.17, 15) is 4.79 Å². The van der Waals surface area contributed by atoms with E-state index < -0.39 is 0 Å². The molecule has 0 unspecified atom stereocenters. The Labute approximate surface area is 48.9 Å². The molecule has 2 heteroatoms. The van der Waals surface area contributed by atoms with Crippen molar-refractivity contribution in [2.24, 2.45) is 4.99 Å². The average molecular weight is 111 g/mol. The third kappa shape index (κ3) is 3.32. The lowest BCUT2D eigenvalue weighted by molar-refractivity contribution is 0.563. The van der Waals surface area contributed by atoms with E-state index in [0.29, 0.717) is 6.54 Å². The van der Waals surface area contributed by atoms with Crippen LogP contribution in [0.1, 0.15) is 13.8 Å². The highest BCUT2D eigenvalue weighted by molar-refractivity contribution is 5.33. The third-order valence-electron chi connectivity index (χ3n) is 0.886. The highest BCUT2D eigenvalue weighted by Crippen LogP contribution is 1.89. The van der Waals surface area contributed by atoms with E-state index in [0.717, 1.165) is 5.57 Å². The quantitative estimate of drug-likeness (QED) is 0.300. The molecule has 0 bridgehead atoms. The van der Waals surface area contributed by atoms with Crippen LogP contribution in [0, 0.1) is 0 Å². The van der Waals surface area contributed by atoms with Gasteiger partial charge in [0.1, 0.15) is 0 Å². The molecule has 0 fully saturated rings. The van der Waals surface area contributed by atoms with E-state index in [1.54, 1.807) is 0 Å². The number of carbonyl (C=O) groups excluding carboxylic acids is 1. The number of rotatable bonds is 2. The fourth-order valence-electron chi connectivity index (χ4n) is 0.248. The van der Waals surface area contributed by atoms with Crippen molar-refractivity contribution in [3.63, 3.8) is 0 Å². The van der Waals surface area contributed by atoms with Crippen LogP contribution >= 0.6 is 0 Å². The van der Waals surface area contributed by atoms with Gasteiger partial charge in [-0.1, -0.05) is 11.6 Å². The van der Waals surface area contributed by atoms with E-state index in [2.05, 4.69) is 4.99 Å². The number of hydrogen-bond acceptors (Lipinski definition) is 2. The van der Waals surface area contributed by atoms with Crippen LogP contribution in [0.3, 0.4) is 0 Å². The van der Waals surface area contributed by atoms with Crippen LogP contribution in [-0.4, -0.2) is 12.6 Å². The van der Waals surface area contributed by atoms with Crippen molar-refractivity contribution in [1.29, 1.82) is 0 Å². The Balaban J connectivity index is 3.55. The van der Waals surface area contributed by atoms with Crippen LogP contribution in [0.15, 0.2) is 16.6 Å². The summed E-state index contributed by atoms with van der Waals surface area (Å²) in [6.45, 7) is 4.32. The first-order valence-corrected chi connectivity index (χ1v) is 2.46. The molecule has 0 amide bonds. The molecular formula is C6H9NO. The number of nitrogens with zero attached hydrogens (tertiary/aromatic N) is 1. The summed E-state index contributed by atoms with van der Waals surface area (Å²) in [7, 11) is 0. The van der Waals surface area contributed by atoms with Gasteiger partial charge in [-0.15, -0.1) is 0 Å². The molecule has 0 aliphatic carbocycles. The summed E-state index contributed by atoms with van der Waals surface area (Å²) in [5.74, 6) is 0. The monoisotopic (exact) mass is 111 g/mol. The highest BCUT2D eigenvalue weighted by Gasteiger charge is 1.79. The van der Waals surface area contributed by atoms with Gasteiger partial charge in [0.25, 0.3) is 0 Å². The maximum Gasteiger partial charge on any atom is 0.235 e. The lowest BCUT2D eigenvalue weighted by Gasteiger charge is -1.85. The summed E-state index contributed by atoms with van der Waals surface area (Å²) in [5, 5.41) is 0. The predicted octanol–water partition coefficient (Wildman–Crippen LogP) is 1.29. The van der Waals surface area contributed by atoms with Crippen LogP contribution in [0.25, 0.3) is 0 Å². The lowest BCUT2D eigenvalue weighted by Crippen LogP contribution is -1.78. The maximum atomic E-state index is 9.51. The largest absolute Gasteiger partial charge is 0.235 e. The van der Waals surface area contributed by atoms with Gasteiger partial charge in [0, 0.05) is 0 Å². The second kappa shape index (κ2) is 4.28. The minimum Gasteiger partial charge on any atom is -0.211 e. The SMILES string of the molecule is C/C=C(\C)CN=C=O. The standard InChI is InChI=1S/C6H9NO/c1-3-6(2)4-7-5-8/h3H,4H2,1-2H3/b6-3+. The summed E-state index contributed by atoms with van der Waals surface area (Å²) in [5.41, 5.74) is 1.09. The Bertz CT molecular complexity index is 131. The van der Waals surface area contributed by atoms with Gasteiger partial charge in [-0.25, -0.2) is 9.79 Å².